The van der Waals surface area contributed by atoms with Gasteiger partial charge in [0.25, 0.3) is 0 Å². The number of benzene rings is 2. The number of aryl methyl sites for hydroxylation is 1. The molecule has 0 aliphatic carbocycles. The molecule has 0 aromatic heterocycles. The highest BCUT2D eigenvalue weighted by molar-refractivity contribution is 5.36. The largest absolute Gasteiger partial charge is 0.497 e. The Morgan fingerprint density at radius 2 is 1.67 bits per heavy atom. The zero-order valence-electron chi connectivity index (χ0n) is 10.8. The summed E-state index contributed by atoms with van der Waals surface area (Å²) in [6, 6.07) is 16.0. The van der Waals surface area contributed by atoms with Crippen molar-refractivity contribution in [3.8, 4) is 11.5 Å². The van der Waals surface area contributed by atoms with Gasteiger partial charge in [-0.05, 0) is 41.8 Å². The molecule has 0 bridgehead atoms. The van der Waals surface area contributed by atoms with Crippen LogP contribution < -0.4 is 9.47 Å². The molecule has 2 nitrogen and oxygen atoms in total. The zero-order valence-corrected chi connectivity index (χ0v) is 10.8. The monoisotopic (exact) mass is 242 g/mol. The van der Waals surface area contributed by atoms with Gasteiger partial charge in [-0.1, -0.05) is 31.2 Å². The molecule has 0 aliphatic heterocycles. The van der Waals surface area contributed by atoms with Crippen molar-refractivity contribution in [3.63, 3.8) is 0 Å². The van der Waals surface area contributed by atoms with Crippen molar-refractivity contribution in [2.45, 2.75) is 20.0 Å². The fraction of sp³-hybridized carbons (Fsp3) is 0.250. The van der Waals surface area contributed by atoms with Crippen molar-refractivity contribution in [3.05, 3.63) is 59.7 Å². The van der Waals surface area contributed by atoms with E-state index in [4.69, 9.17) is 9.47 Å². The molecule has 18 heavy (non-hydrogen) atoms. The van der Waals surface area contributed by atoms with Gasteiger partial charge in [0.2, 0.25) is 0 Å². The van der Waals surface area contributed by atoms with E-state index in [1.807, 2.05) is 42.5 Å². The van der Waals surface area contributed by atoms with Crippen LogP contribution in [0, 0.1) is 0 Å². The van der Waals surface area contributed by atoms with Crippen LogP contribution in [0.15, 0.2) is 48.5 Å². The molecule has 0 saturated carbocycles. The van der Waals surface area contributed by atoms with E-state index in [0.29, 0.717) is 6.61 Å². The standard InChI is InChI=1S/C16H18O2/c1-3-13-9-10-16(17-2)11-14(13)12-18-15-7-5-4-6-8-15/h4-11H,3,12H2,1-2H3. The minimum atomic E-state index is 0.574. The van der Waals surface area contributed by atoms with Gasteiger partial charge in [0.05, 0.1) is 7.11 Å². The summed E-state index contributed by atoms with van der Waals surface area (Å²) in [5, 5.41) is 0. The van der Waals surface area contributed by atoms with Crippen LogP contribution in [-0.4, -0.2) is 7.11 Å². The van der Waals surface area contributed by atoms with Crippen molar-refractivity contribution in [1.29, 1.82) is 0 Å². The molecule has 2 aromatic rings. The predicted molar refractivity (Wildman–Crippen MR) is 73.1 cm³/mol. The first-order valence-electron chi connectivity index (χ1n) is 6.17. The lowest BCUT2D eigenvalue weighted by molar-refractivity contribution is 0.304. The molecule has 0 fully saturated rings. The van der Waals surface area contributed by atoms with Gasteiger partial charge in [-0.25, -0.2) is 0 Å². The van der Waals surface area contributed by atoms with E-state index in [1.165, 1.54) is 11.1 Å². The van der Waals surface area contributed by atoms with E-state index in [-0.39, 0.29) is 0 Å². The van der Waals surface area contributed by atoms with Gasteiger partial charge in [0.15, 0.2) is 0 Å². The lowest BCUT2D eigenvalue weighted by atomic mass is 10.1. The van der Waals surface area contributed by atoms with E-state index in [1.54, 1.807) is 7.11 Å². The summed E-state index contributed by atoms with van der Waals surface area (Å²) in [4.78, 5) is 0. The average Bonchev–Trinajstić information content (AvgIpc) is 2.45. The molecule has 2 rings (SSSR count). The minimum Gasteiger partial charge on any atom is -0.497 e. The van der Waals surface area contributed by atoms with Gasteiger partial charge in [0, 0.05) is 0 Å². The van der Waals surface area contributed by atoms with E-state index in [0.717, 1.165) is 17.9 Å². The summed E-state index contributed by atoms with van der Waals surface area (Å²) in [5.74, 6) is 1.77. The Morgan fingerprint density at radius 3 is 2.33 bits per heavy atom. The first kappa shape index (κ1) is 12.5. The van der Waals surface area contributed by atoms with E-state index < -0.39 is 0 Å². The van der Waals surface area contributed by atoms with Crippen LogP contribution in [0.4, 0.5) is 0 Å². The van der Waals surface area contributed by atoms with E-state index in [9.17, 15) is 0 Å². The van der Waals surface area contributed by atoms with Crippen molar-refractivity contribution in [2.24, 2.45) is 0 Å². The minimum absolute atomic E-state index is 0.574. The Labute approximate surface area is 108 Å². The molecule has 94 valence electrons. The molecular formula is C16H18O2. The molecule has 0 spiro atoms. The lowest BCUT2D eigenvalue weighted by Gasteiger charge is -2.11. The van der Waals surface area contributed by atoms with Gasteiger partial charge in [0.1, 0.15) is 18.1 Å². The fourth-order valence-electron chi connectivity index (χ4n) is 1.89. The summed E-state index contributed by atoms with van der Waals surface area (Å²) in [6.45, 7) is 2.72. The second kappa shape index (κ2) is 6.10. The molecule has 0 heterocycles. The Kier molecular flexibility index (Phi) is 4.24. The zero-order chi connectivity index (χ0) is 12.8. The van der Waals surface area contributed by atoms with Crippen LogP contribution in [-0.2, 0) is 13.0 Å². The van der Waals surface area contributed by atoms with Crippen molar-refractivity contribution < 1.29 is 9.47 Å². The van der Waals surface area contributed by atoms with E-state index in [2.05, 4.69) is 13.0 Å². The van der Waals surface area contributed by atoms with Crippen molar-refractivity contribution >= 4 is 0 Å². The quantitative estimate of drug-likeness (QED) is 0.793. The average molecular weight is 242 g/mol. The highest BCUT2D eigenvalue weighted by Gasteiger charge is 2.04. The highest BCUT2D eigenvalue weighted by Crippen LogP contribution is 2.20. The Bertz CT molecular complexity index is 492. The summed E-state index contributed by atoms with van der Waals surface area (Å²) in [5.41, 5.74) is 2.48. The summed E-state index contributed by atoms with van der Waals surface area (Å²) in [6.07, 6.45) is 0.997. The third-order valence-corrected chi connectivity index (χ3v) is 2.93. The number of methoxy groups -OCH3 is 1. The molecule has 0 radical (unpaired) electrons. The number of ether oxygens (including phenoxy) is 2. The SMILES string of the molecule is CCc1ccc(OC)cc1COc1ccccc1. The predicted octanol–water partition coefficient (Wildman–Crippen LogP) is 3.84. The molecule has 0 atom stereocenters. The fourth-order valence-corrected chi connectivity index (χ4v) is 1.89. The van der Waals surface area contributed by atoms with Gasteiger partial charge in [-0.2, -0.15) is 0 Å². The maximum atomic E-state index is 5.78. The molecule has 2 heteroatoms. The molecular weight excluding hydrogens is 224 g/mol. The Morgan fingerprint density at radius 1 is 0.889 bits per heavy atom. The van der Waals surface area contributed by atoms with Crippen LogP contribution >= 0.6 is 0 Å². The first-order valence-corrected chi connectivity index (χ1v) is 6.17. The van der Waals surface area contributed by atoms with Crippen LogP contribution in [0.3, 0.4) is 0 Å². The maximum absolute atomic E-state index is 5.78. The molecule has 0 unspecified atom stereocenters. The number of hydrogen-bond donors (Lipinski definition) is 0. The smallest absolute Gasteiger partial charge is 0.119 e. The molecule has 0 saturated heterocycles. The molecule has 2 aromatic carbocycles. The number of para-hydroxylation sites is 1. The van der Waals surface area contributed by atoms with Gasteiger partial charge in [-0.15, -0.1) is 0 Å². The van der Waals surface area contributed by atoms with Crippen LogP contribution in [0.5, 0.6) is 11.5 Å². The third-order valence-electron chi connectivity index (χ3n) is 2.93. The van der Waals surface area contributed by atoms with Crippen molar-refractivity contribution in [1.82, 2.24) is 0 Å². The van der Waals surface area contributed by atoms with Crippen molar-refractivity contribution in [2.75, 3.05) is 7.11 Å². The second-order valence-corrected chi connectivity index (χ2v) is 4.09. The van der Waals surface area contributed by atoms with E-state index >= 15 is 0 Å². The van der Waals surface area contributed by atoms with Gasteiger partial charge < -0.3 is 9.47 Å². The van der Waals surface area contributed by atoms with Gasteiger partial charge in [-0.3, -0.25) is 0 Å². The Balaban J connectivity index is 2.12. The summed E-state index contributed by atoms with van der Waals surface area (Å²) < 4.78 is 11.0. The summed E-state index contributed by atoms with van der Waals surface area (Å²) in [7, 11) is 1.68. The molecule has 0 amide bonds. The third kappa shape index (κ3) is 3.04. The maximum Gasteiger partial charge on any atom is 0.119 e. The highest BCUT2D eigenvalue weighted by atomic mass is 16.5. The second-order valence-electron chi connectivity index (χ2n) is 4.09. The Hall–Kier alpha value is -1.96. The van der Waals surface area contributed by atoms with Crippen LogP contribution in [0.1, 0.15) is 18.1 Å². The molecule has 0 aliphatic rings. The first-order chi connectivity index (χ1) is 8.83. The number of rotatable bonds is 5. The lowest BCUT2D eigenvalue weighted by Crippen LogP contribution is -2.00. The van der Waals surface area contributed by atoms with Crippen LogP contribution in [0.25, 0.3) is 0 Å². The summed E-state index contributed by atoms with van der Waals surface area (Å²) >= 11 is 0. The van der Waals surface area contributed by atoms with Crippen LogP contribution in [0.2, 0.25) is 0 Å². The molecule has 0 N–H and O–H groups in total. The normalized spacial score (nSPS) is 10.1. The van der Waals surface area contributed by atoms with Gasteiger partial charge >= 0.3 is 0 Å². The number of hydrogen-bond acceptors (Lipinski definition) is 2. The topological polar surface area (TPSA) is 18.5 Å².